The number of hydrogen-bond donors (Lipinski definition) is 1. The second-order valence-electron chi connectivity index (χ2n) is 5.89. The van der Waals surface area contributed by atoms with Gasteiger partial charge >= 0.3 is 0 Å². The van der Waals surface area contributed by atoms with Crippen LogP contribution in [-0.2, 0) is 11.2 Å². The Hall–Kier alpha value is -1.46. The molecule has 0 aromatic carbocycles. The Kier molecular flexibility index (Phi) is 4.73. The molecule has 2 rings (SSSR count). The quantitative estimate of drug-likeness (QED) is 0.853. The van der Waals surface area contributed by atoms with Gasteiger partial charge in [-0.15, -0.1) is 0 Å². The lowest BCUT2D eigenvalue weighted by molar-refractivity contribution is -0.131. The molecule has 20 heavy (non-hydrogen) atoms. The number of β-amino-alcohol motifs (C(OH)–C–C–N with tert-alkyl or cyclic N) is 1. The average Bonchev–Trinajstić information content (AvgIpc) is 2.78. The van der Waals surface area contributed by atoms with Gasteiger partial charge in [0.05, 0.1) is 12.1 Å². The topological polar surface area (TPSA) is 56.7 Å². The number of pyridine rings is 1. The van der Waals surface area contributed by atoms with E-state index >= 15 is 0 Å². The Labute approximate surface area is 120 Å². The van der Waals surface area contributed by atoms with Crippen LogP contribution < -0.4 is 0 Å². The number of likely N-dealkylation sites (N-methyl/N-ethyl adjacent to an activating group) is 1. The molecular formula is C15H23N3O2. The Morgan fingerprint density at radius 2 is 2.35 bits per heavy atom. The van der Waals surface area contributed by atoms with E-state index in [0.717, 1.165) is 5.56 Å². The van der Waals surface area contributed by atoms with Crippen LogP contribution in [-0.4, -0.2) is 65.1 Å². The molecule has 1 saturated heterocycles. The van der Waals surface area contributed by atoms with Crippen LogP contribution in [0, 0.1) is 0 Å². The maximum absolute atomic E-state index is 12.2. The zero-order valence-corrected chi connectivity index (χ0v) is 12.2. The van der Waals surface area contributed by atoms with Gasteiger partial charge in [-0.1, -0.05) is 6.07 Å². The molecule has 0 saturated carbocycles. The van der Waals surface area contributed by atoms with E-state index in [2.05, 4.69) is 4.98 Å². The second kappa shape index (κ2) is 6.33. The summed E-state index contributed by atoms with van der Waals surface area (Å²) in [5.41, 5.74) is 0.316. The second-order valence-corrected chi connectivity index (χ2v) is 5.89. The zero-order valence-electron chi connectivity index (χ0n) is 12.2. The molecule has 5 heteroatoms. The number of aromatic nitrogens is 1. The molecule has 1 unspecified atom stereocenters. The van der Waals surface area contributed by atoms with E-state index < -0.39 is 5.60 Å². The highest BCUT2D eigenvalue weighted by molar-refractivity contribution is 5.76. The Bertz CT molecular complexity index is 450. The number of hydrogen-bond acceptors (Lipinski definition) is 4. The van der Waals surface area contributed by atoms with Gasteiger partial charge in [-0.05, 0) is 38.6 Å². The van der Waals surface area contributed by atoms with E-state index in [9.17, 15) is 9.90 Å². The van der Waals surface area contributed by atoms with E-state index in [1.165, 1.54) is 0 Å². The summed E-state index contributed by atoms with van der Waals surface area (Å²) in [5.74, 6) is 0.114. The number of carbonyl (C=O) groups is 1. The molecule has 1 aliphatic heterocycles. The number of likely N-dealkylation sites (tertiary alicyclic amines) is 1. The zero-order chi connectivity index (χ0) is 14.6. The first-order valence-electron chi connectivity index (χ1n) is 7.02. The van der Waals surface area contributed by atoms with Crippen molar-refractivity contribution in [2.24, 2.45) is 0 Å². The maximum atomic E-state index is 12.2. The smallest absolute Gasteiger partial charge is 0.223 e. The maximum Gasteiger partial charge on any atom is 0.223 e. The fourth-order valence-electron chi connectivity index (χ4n) is 2.74. The van der Waals surface area contributed by atoms with Gasteiger partial charge in [-0.25, -0.2) is 0 Å². The molecule has 5 nitrogen and oxygen atoms in total. The van der Waals surface area contributed by atoms with Crippen molar-refractivity contribution in [1.82, 2.24) is 14.8 Å². The van der Waals surface area contributed by atoms with E-state index in [-0.39, 0.29) is 5.91 Å². The van der Waals surface area contributed by atoms with Crippen LogP contribution in [0.15, 0.2) is 24.5 Å². The van der Waals surface area contributed by atoms with Crippen LogP contribution in [0.3, 0.4) is 0 Å². The van der Waals surface area contributed by atoms with Gasteiger partial charge in [-0.3, -0.25) is 9.78 Å². The SMILES string of the molecule is CN(C)CC1(O)CCN(C(=O)CCc2cccnc2)C1. The van der Waals surface area contributed by atoms with Crippen molar-refractivity contribution in [3.63, 3.8) is 0 Å². The Balaban J connectivity index is 1.82. The van der Waals surface area contributed by atoms with Crippen LogP contribution in [0.4, 0.5) is 0 Å². The van der Waals surface area contributed by atoms with Crippen LogP contribution >= 0.6 is 0 Å². The minimum absolute atomic E-state index is 0.114. The molecule has 110 valence electrons. The molecule has 1 aromatic heterocycles. The minimum atomic E-state index is -0.756. The van der Waals surface area contributed by atoms with Crippen LogP contribution in [0.2, 0.25) is 0 Å². The molecule has 1 aromatic rings. The molecular weight excluding hydrogens is 254 g/mol. The Morgan fingerprint density at radius 1 is 1.55 bits per heavy atom. The first kappa shape index (κ1) is 14.9. The van der Waals surface area contributed by atoms with Crippen LogP contribution in [0.5, 0.6) is 0 Å². The number of rotatable bonds is 5. The van der Waals surface area contributed by atoms with E-state index in [1.807, 2.05) is 31.1 Å². The molecule has 1 fully saturated rings. The van der Waals surface area contributed by atoms with Crippen molar-refractivity contribution < 1.29 is 9.90 Å². The predicted molar refractivity (Wildman–Crippen MR) is 77.3 cm³/mol. The summed E-state index contributed by atoms with van der Waals surface area (Å²) in [6.07, 6.45) is 5.36. The van der Waals surface area contributed by atoms with Gasteiger partial charge in [0, 0.05) is 31.9 Å². The Morgan fingerprint density at radius 3 is 3.00 bits per heavy atom. The van der Waals surface area contributed by atoms with E-state index in [1.54, 1.807) is 17.3 Å². The number of amides is 1. The van der Waals surface area contributed by atoms with E-state index in [4.69, 9.17) is 0 Å². The molecule has 1 N–H and O–H groups in total. The highest BCUT2D eigenvalue weighted by atomic mass is 16.3. The van der Waals surface area contributed by atoms with Gasteiger partial charge in [0.25, 0.3) is 0 Å². The van der Waals surface area contributed by atoms with Gasteiger partial charge in [-0.2, -0.15) is 0 Å². The molecule has 1 atom stereocenters. The third-order valence-corrected chi connectivity index (χ3v) is 3.65. The van der Waals surface area contributed by atoms with Crippen molar-refractivity contribution in [3.05, 3.63) is 30.1 Å². The van der Waals surface area contributed by atoms with Crippen LogP contribution in [0.1, 0.15) is 18.4 Å². The summed E-state index contributed by atoms with van der Waals surface area (Å²) in [4.78, 5) is 20.0. The van der Waals surface area contributed by atoms with Crippen molar-refractivity contribution in [2.45, 2.75) is 24.9 Å². The number of carbonyl (C=O) groups excluding carboxylic acids is 1. The molecule has 2 heterocycles. The fraction of sp³-hybridized carbons (Fsp3) is 0.600. The molecule has 0 aliphatic carbocycles. The minimum Gasteiger partial charge on any atom is -0.387 e. The van der Waals surface area contributed by atoms with Crippen LogP contribution in [0.25, 0.3) is 0 Å². The van der Waals surface area contributed by atoms with Crippen molar-refractivity contribution >= 4 is 5.91 Å². The summed E-state index contributed by atoms with van der Waals surface area (Å²) < 4.78 is 0. The van der Waals surface area contributed by atoms with Gasteiger partial charge < -0.3 is 14.9 Å². The van der Waals surface area contributed by atoms with Gasteiger partial charge in [0.1, 0.15) is 0 Å². The monoisotopic (exact) mass is 277 g/mol. The lowest BCUT2D eigenvalue weighted by atomic mass is 10.0. The molecule has 0 spiro atoms. The van der Waals surface area contributed by atoms with Crippen molar-refractivity contribution in [1.29, 1.82) is 0 Å². The lowest BCUT2D eigenvalue weighted by Gasteiger charge is -2.26. The highest BCUT2D eigenvalue weighted by Gasteiger charge is 2.38. The van der Waals surface area contributed by atoms with Crippen molar-refractivity contribution in [3.8, 4) is 0 Å². The van der Waals surface area contributed by atoms with Crippen molar-refractivity contribution in [2.75, 3.05) is 33.7 Å². The van der Waals surface area contributed by atoms with Gasteiger partial charge in [0.2, 0.25) is 5.91 Å². The fourth-order valence-corrected chi connectivity index (χ4v) is 2.74. The standard InChI is InChI=1S/C15H23N3O2/c1-17(2)11-15(20)7-9-18(12-15)14(19)6-5-13-4-3-8-16-10-13/h3-4,8,10,20H,5-7,9,11-12H2,1-2H3. The summed E-state index contributed by atoms with van der Waals surface area (Å²) in [5, 5.41) is 10.4. The average molecular weight is 277 g/mol. The normalized spacial score (nSPS) is 22.5. The third kappa shape index (κ3) is 4.02. The lowest BCUT2D eigenvalue weighted by Crippen LogP contribution is -2.43. The molecule has 1 aliphatic rings. The first-order valence-corrected chi connectivity index (χ1v) is 7.02. The number of nitrogens with zero attached hydrogens (tertiary/aromatic N) is 3. The molecule has 1 amide bonds. The first-order chi connectivity index (χ1) is 9.48. The highest BCUT2D eigenvalue weighted by Crippen LogP contribution is 2.22. The summed E-state index contributed by atoms with van der Waals surface area (Å²) in [6.45, 7) is 1.69. The summed E-state index contributed by atoms with van der Waals surface area (Å²) in [6, 6.07) is 3.86. The summed E-state index contributed by atoms with van der Waals surface area (Å²) >= 11 is 0. The third-order valence-electron chi connectivity index (χ3n) is 3.65. The number of aryl methyl sites for hydroxylation is 1. The largest absolute Gasteiger partial charge is 0.387 e. The number of aliphatic hydroxyl groups is 1. The summed E-state index contributed by atoms with van der Waals surface area (Å²) in [7, 11) is 3.87. The molecule has 0 radical (unpaired) electrons. The van der Waals surface area contributed by atoms with E-state index in [0.29, 0.717) is 38.9 Å². The predicted octanol–water partition coefficient (Wildman–Crippen LogP) is 0.539. The molecule has 0 bridgehead atoms. The van der Waals surface area contributed by atoms with Gasteiger partial charge in [0.15, 0.2) is 0 Å².